The molecule has 6 rings (SSSR count). The fourth-order valence-corrected chi connectivity index (χ4v) is 6.12. The maximum Gasteiger partial charge on any atom is 0.145 e. The molecule has 0 atom stereocenters. The quantitative estimate of drug-likeness (QED) is 0.214. The molecule has 0 unspecified atom stereocenters. The third-order valence-corrected chi connectivity index (χ3v) is 8.23. The lowest BCUT2D eigenvalue weighted by Gasteiger charge is -2.25. The topological polar surface area (TPSA) is 17.8 Å². The van der Waals surface area contributed by atoms with Crippen LogP contribution >= 0.6 is 0 Å². The first-order valence-corrected chi connectivity index (χ1v) is 14.9. The van der Waals surface area contributed by atoms with Gasteiger partial charge in [-0.1, -0.05) is 115 Å². The van der Waals surface area contributed by atoms with E-state index in [0.717, 1.165) is 22.4 Å². The van der Waals surface area contributed by atoms with Crippen molar-refractivity contribution in [2.75, 3.05) is 0 Å². The smallest absolute Gasteiger partial charge is 0.145 e. The second-order valence-electron chi connectivity index (χ2n) is 12.9. The molecule has 0 aliphatic carbocycles. The Morgan fingerprint density at radius 1 is 0.610 bits per heavy atom. The SMILES string of the molecule is CC(C)c1cc(-c2ccccc2)cc(C(C)C)c1-n1c(-c2cc(C(C)(C)C)c3ccccc3c2)nc2ccccc21. The van der Waals surface area contributed by atoms with E-state index in [4.69, 9.17) is 4.98 Å². The van der Waals surface area contributed by atoms with Gasteiger partial charge in [0, 0.05) is 5.56 Å². The first-order chi connectivity index (χ1) is 19.6. The highest BCUT2D eigenvalue weighted by Crippen LogP contribution is 2.41. The summed E-state index contributed by atoms with van der Waals surface area (Å²) in [5.41, 5.74) is 11.1. The lowest BCUT2D eigenvalue weighted by molar-refractivity contribution is 0.596. The van der Waals surface area contributed by atoms with Crippen molar-refractivity contribution in [3.8, 4) is 28.2 Å². The maximum absolute atomic E-state index is 5.33. The van der Waals surface area contributed by atoms with Gasteiger partial charge in [-0.05, 0) is 92.2 Å². The Morgan fingerprint density at radius 3 is 1.88 bits per heavy atom. The number of nitrogens with zero attached hydrogens (tertiary/aromatic N) is 2. The van der Waals surface area contributed by atoms with Crippen LogP contribution in [0.1, 0.15) is 77.0 Å². The first kappa shape index (κ1) is 27.0. The van der Waals surface area contributed by atoms with Gasteiger partial charge in [-0.15, -0.1) is 0 Å². The van der Waals surface area contributed by atoms with E-state index in [0.29, 0.717) is 11.8 Å². The van der Waals surface area contributed by atoms with E-state index < -0.39 is 0 Å². The van der Waals surface area contributed by atoms with Crippen molar-refractivity contribution < 1.29 is 0 Å². The third kappa shape index (κ3) is 4.86. The highest BCUT2D eigenvalue weighted by molar-refractivity contribution is 5.92. The second-order valence-corrected chi connectivity index (χ2v) is 12.9. The molecule has 6 aromatic rings. The Hall–Kier alpha value is -4.17. The summed E-state index contributed by atoms with van der Waals surface area (Å²) >= 11 is 0. The molecule has 2 nitrogen and oxygen atoms in total. The number of rotatable bonds is 5. The third-order valence-electron chi connectivity index (χ3n) is 8.23. The molecular formula is C39H40N2. The molecule has 0 aliphatic rings. The van der Waals surface area contributed by atoms with Gasteiger partial charge in [0.2, 0.25) is 0 Å². The van der Waals surface area contributed by atoms with Crippen LogP contribution in [0.3, 0.4) is 0 Å². The standard InChI is InChI=1S/C39H40N2/c1-25(2)32-22-29(27-15-9-8-10-16-27)23-33(26(3)4)37(32)41-36-20-14-13-19-35(36)40-38(41)30-21-28-17-11-12-18-31(28)34(24-30)39(5,6)7/h8-26H,1-7H3. The Morgan fingerprint density at radius 2 is 1.22 bits per heavy atom. The van der Waals surface area contributed by atoms with Crippen LogP contribution in [0.15, 0.2) is 103 Å². The minimum atomic E-state index is -0.00399. The average Bonchev–Trinajstić information content (AvgIpc) is 3.35. The van der Waals surface area contributed by atoms with Crippen LogP contribution in [0.5, 0.6) is 0 Å². The summed E-state index contributed by atoms with van der Waals surface area (Å²) in [6.07, 6.45) is 0. The second kappa shape index (κ2) is 10.3. The van der Waals surface area contributed by atoms with Gasteiger partial charge in [-0.3, -0.25) is 4.57 Å². The van der Waals surface area contributed by atoms with E-state index in [2.05, 4.69) is 156 Å². The maximum atomic E-state index is 5.33. The zero-order chi connectivity index (χ0) is 28.9. The van der Waals surface area contributed by atoms with Crippen molar-refractivity contribution in [3.05, 3.63) is 120 Å². The fraction of sp³-hybridized carbons (Fsp3) is 0.256. The van der Waals surface area contributed by atoms with E-state index in [-0.39, 0.29) is 5.41 Å². The van der Waals surface area contributed by atoms with Gasteiger partial charge in [0.15, 0.2) is 0 Å². The molecule has 0 N–H and O–H groups in total. The first-order valence-electron chi connectivity index (χ1n) is 14.9. The van der Waals surface area contributed by atoms with Crippen LogP contribution < -0.4 is 0 Å². The fourth-order valence-electron chi connectivity index (χ4n) is 6.12. The lowest BCUT2D eigenvalue weighted by Crippen LogP contribution is -2.13. The molecule has 1 aromatic heterocycles. The Labute approximate surface area is 244 Å². The lowest BCUT2D eigenvalue weighted by atomic mass is 9.82. The molecule has 0 saturated carbocycles. The monoisotopic (exact) mass is 536 g/mol. The number of imidazole rings is 1. The van der Waals surface area contributed by atoms with E-state index in [1.165, 1.54) is 44.3 Å². The minimum Gasteiger partial charge on any atom is -0.292 e. The molecule has 0 radical (unpaired) electrons. The van der Waals surface area contributed by atoms with Crippen LogP contribution in [0.4, 0.5) is 0 Å². The van der Waals surface area contributed by atoms with Crippen LogP contribution in [-0.2, 0) is 5.41 Å². The number of para-hydroxylation sites is 2. The molecule has 5 aromatic carbocycles. The van der Waals surface area contributed by atoms with Gasteiger partial charge in [-0.25, -0.2) is 4.98 Å². The Kier molecular flexibility index (Phi) is 6.82. The number of hydrogen-bond donors (Lipinski definition) is 0. The predicted octanol–water partition coefficient (Wildman–Crippen LogP) is 11.1. The minimum absolute atomic E-state index is 0.00399. The van der Waals surface area contributed by atoms with Crippen molar-refractivity contribution in [2.45, 2.75) is 65.7 Å². The summed E-state index contributed by atoms with van der Waals surface area (Å²) in [6.45, 7) is 16.1. The molecule has 0 saturated heterocycles. The normalized spacial score (nSPS) is 12.2. The van der Waals surface area contributed by atoms with Gasteiger partial charge < -0.3 is 0 Å². The van der Waals surface area contributed by atoms with Gasteiger partial charge in [0.05, 0.1) is 16.7 Å². The molecule has 2 heteroatoms. The predicted molar refractivity (Wildman–Crippen MR) is 176 cm³/mol. The van der Waals surface area contributed by atoms with Crippen molar-refractivity contribution in [2.24, 2.45) is 0 Å². The van der Waals surface area contributed by atoms with Gasteiger partial charge in [-0.2, -0.15) is 0 Å². The van der Waals surface area contributed by atoms with Crippen molar-refractivity contribution in [1.82, 2.24) is 9.55 Å². The van der Waals surface area contributed by atoms with Gasteiger partial charge in [0.25, 0.3) is 0 Å². The van der Waals surface area contributed by atoms with Crippen molar-refractivity contribution >= 4 is 21.8 Å². The Balaban J connectivity index is 1.72. The Bertz CT molecular complexity index is 1830. The molecule has 206 valence electrons. The molecular weight excluding hydrogens is 496 g/mol. The van der Waals surface area contributed by atoms with E-state index in [1.807, 2.05) is 0 Å². The summed E-state index contributed by atoms with van der Waals surface area (Å²) in [6, 6.07) is 37.6. The summed E-state index contributed by atoms with van der Waals surface area (Å²) in [5, 5.41) is 2.56. The zero-order valence-corrected chi connectivity index (χ0v) is 25.4. The van der Waals surface area contributed by atoms with Gasteiger partial charge in [0.1, 0.15) is 5.82 Å². The molecule has 0 fully saturated rings. The molecule has 0 bridgehead atoms. The molecule has 0 spiro atoms. The average molecular weight is 537 g/mol. The zero-order valence-electron chi connectivity index (χ0n) is 25.4. The largest absolute Gasteiger partial charge is 0.292 e. The van der Waals surface area contributed by atoms with Crippen LogP contribution in [-0.4, -0.2) is 9.55 Å². The van der Waals surface area contributed by atoms with Crippen LogP contribution in [0.25, 0.3) is 50.0 Å². The molecule has 1 heterocycles. The van der Waals surface area contributed by atoms with Gasteiger partial charge >= 0.3 is 0 Å². The van der Waals surface area contributed by atoms with E-state index in [9.17, 15) is 0 Å². The summed E-state index contributed by atoms with van der Waals surface area (Å²) < 4.78 is 2.45. The van der Waals surface area contributed by atoms with Crippen LogP contribution in [0, 0.1) is 0 Å². The molecule has 0 amide bonds. The summed E-state index contributed by atoms with van der Waals surface area (Å²) in [4.78, 5) is 5.33. The highest BCUT2D eigenvalue weighted by atomic mass is 15.1. The molecule has 0 aliphatic heterocycles. The highest BCUT2D eigenvalue weighted by Gasteiger charge is 2.25. The van der Waals surface area contributed by atoms with E-state index >= 15 is 0 Å². The van der Waals surface area contributed by atoms with Crippen molar-refractivity contribution in [1.29, 1.82) is 0 Å². The number of hydrogen-bond acceptors (Lipinski definition) is 1. The summed E-state index contributed by atoms with van der Waals surface area (Å²) in [7, 11) is 0. The van der Waals surface area contributed by atoms with Crippen molar-refractivity contribution in [3.63, 3.8) is 0 Å². The van der Waals surface area contributed by atoms with Crippen LogP contribution in [0.2, 0.25) is 0 Å². The number of benzene rings is 5. The summed E-state index contributed by atoms with van der Waals surface area (Å²) in [5.74, 6) is 1.67. The van der Waals surface area contributed by atoms with E-state index in [1.54, 1.807) is 0 Å². The number of fused-ring (bicyclic) bond motifs is 2. The number of aromatic nitrogens is 2. The molecule has 41 heavy (non-hydrogen) atoms.